The van der Waals surface area contributed by atoms with Crippen molar-refractivity contribution in [1.82, 2.24) is 10.4 Å². The topological polar surface area (TPSA) is 60.2 Å². The van der Waals surface area contributed by atoms with Gasteiger partial charge < -0.3 is 4.74 Å². The fourth-order valence-electron chi connectivity index (χ4n) is 2.51. The lowest BCUT2D eigenvalue weighted by molar-refractivity contribution is 0.382. The van der Waals surface area contributed by atoms with Crippen molar-refractivity contribution >= 4 is 21.4 Å². The minimum absolute atomic E-state index is 0.0355. The molecule has 0 spiro atoms. The molecule has 0 fully saturated rings. The Kier molecular flexibility index (Phi) is 4.15. The maximum Gasteiger partial charge on any atom is 0.217 e. The van der Waals surface area contributed by atoms with Crippen molar-refractivity contribution in [1.29, 1.82) is 0 Å². The zero-order valence-electron chi connectivity index (χ0n) is 11.7. The van der Waals surface area contributed by atoms with Crippen LogP contribution in [0.15, 0.2) is 48.0 Å². The van der Waals surface area contributed by atoms with Gasteiger partial charge in [0, 0.05) is 16.5 Å². The summed E-state index contributed by atoms with van der Waals surface area (Å²) < 4.78 is 6.62. The van der Waals surface area contributed by atoms with Crippen molar-refractivity contribution in [2.24, 2.45) is 5.84 Å². The van der Waals surface area contributed by atoms with E-state index < -0.39 is 0 Å². The van der Waals surface area contributed by atoms with Crippen molar-refractivity contribution in [3.63, 3.8) is 0 Å². The van der Waals surface area contributed by atoms with E-state index in [9.17, 15) is 0 Å². The molecule has 3 N–H and O–H groups in total. The molecule has 3 aromatic rings. The van der Waals surface area contributed by atoms with Gasteiger partial charge in [0.15, 0.2) is 0 Å². The third-order valence-corrected chi connectivity index (χ3v) is 4.57. The number of nitrogens with two attached hydrogens (primary N) is 1. The number of rotatable bonds is 5. The molecular formula is C16H17N3OS. The van der Waals surface area contributed by atoms with E-state index in [0.717, 1.165) is 12.0 Å². The van der Waals surface area contributed by atoms with Crippen LogP contribution in [0.5, 0.6) is 5.88 Å². The van der Waals surface area contributed by atoms with Crippen LogP contribution in [0, 0.1) is 0 Å². The summed E-state index contributed by atoms with van der Waals surface area (Å²) in [5.74, 6) is 6.37. The van der Waals surface area contributed by atoms with Crippen molar-refractivity contribution in [2.45, 2.75) is 12.5 Å². The Hall–Kier alpha value is -1.95. The average Bonchev–Trinajstić information content (AvgIpc) is 2.95. The number of pyridine rings is 1. The van der Waals surface area contributed by atoms with Gasteiger partial charge in [-0.05, 0) is 34.9 Å². The van der Waals surface area contributed by atoms with E-state index in [0.29, 0.717) is 5.88 Å². The minimum atomic E-state index is -0.0355. The first kappa shape index (κ1) is 14.0. The molecule has 3 rings (SSSR count). The minimum Gasteiger partial charge on any atom is -0.481 e. The average molecular weight is 299 g/mol. The summed E-state index contributed by atoms with van der Waals surface area (Å²) in [7, 11) is 1.62. The van der Waals surface area contributed by atoms with Crippen molar-refractivity contribution < 1.29 is 4.74 Å². The molecule has 2 heterocycles. The maximum atomic E-state index is 5.76. The molecule has 0 bridgehead atoms. The molecule has 0 saturated heterocycles. The zero-order chi connectivity index (χ0) is 14.7. The second-order valence-corrected chi connectivity index (χ2v) is 5.69. The van der Waals surface area contributed by atoms with Gasteiger partial charge in [0.1, 0.15) is 0 Å². The standard InChI is InChI=1S/C16H17N3OS/c1-20-16-13(6-4-8-18-16)14(19-17)9-11-10-21-15-7-3-2-5-12(11)15/h2-8,10,14,19H,9,17H2,1H3. The SMILES string of the molecule is COc1ncccc1C(Cc1csc2ccccc12)NN. The summed E-state index contributed by atoms with van der Waals surface area (Å²) in [6.45, 7) is 0. The van der Waals surface area contributed by atoms with E-state index >= 15 is 0 Å². The molecule has 0 aliphatic heterocycles. The molecule has 0 aliphatic rings. The monoisotopic (exact) mass is 299 g/mol. The van der Waals surface area contributed by atoms with Crippen LogP contribution in [-0.2, 0) is 6.42 Å². The van der Waals surface area contributed by atoms with E-state index in [1.807, 2.05) is 12.1 Å². The predicted molar refractivity (Wildman–Crippen MR) is 86.4 cm³/mol. The molecule has 5 heteroatoms. The Morgan fingerprint density at radius 1 is 1.29 bits per heavy atom. The van der Waals surface area contributed by atoms with Crippen LogP contribution in [0.3, 0.4) is 0 Å². The van der Waals surface area contributed by atoms with E-state index in [1.165, 1.54) is 15.6 Å². The van der Waals surface area contributed by atoms with Gasteiger partial charge in [-0.1, -0.05) is 24.3 Å². The highest BCUT2D eigenvalue weighted by Gasteiger charge is 2.17. The molecule has 0 radical (unpaired) electrons. The van der Waals surface area contributed by atoms with Crippen LogP contribution in [-0.4, -0.2) is 12.1 Å². The van der Waals surface area contributed by atoms with Gasteiger partial charge in [0.2, 0.25) is 5.88 Å². The molecule has 0 aliphatic carbocycles. The van der Waals surface area contributed by atoms with E-state index in [-0.39, 0.29) is 6.04 Å². The first-order valence-corrected chi connectivity index (χ1v) is 7.61. The molecule has 1 aromatic carbocycles. The number of methoxy groups -OCH3 is 1. The number of nitrogens with zero attached hydrogens (tertiary/aromatic N) is 1. The van der Waals surface area contributed by atoms with Crippen LogP contribution in [0.2, 0.25) is 0 Å². The van der Waals surface area contributed by atoms with Gasteiger partial charge in [-0.25, -0.2) is 4.98 Å². The smallest absolute Gasteiger partial charge is 0.217 e. The molecule has 0 saturated carbocycles. The van der Waals surface area contributed by atoms with E-state index in [4.69, 9.17) is 10.6 Å². The van der Waals surface area contributed by atoms with Gasteiger partial charge in [0.25, 0.3) is 0 Å². The summed E-state index contributed by atoms with van der Waals surface area (Å²) in [6.07, 6.45) is 2.51. The second-order valence-electron chi connectivity index (χ2n) is 4.78. The van der Waals surface area contributed by atoms with E-state index in [2.05, 4.69) is 40.1 Å². The van der Waals surface area contributed by atoms with Gasteiger partial charge >= 0.3 is 0 Å². The number of ether oxygens (including phenoxy) is 1. The molecule has 1 atom stereocenters. The first-order chi connectivity index (χ1) is 10.3. The van der Waals surface area contributed by atoms with Crippen molar-refractivity contribution in [3.8, 4) is 5.88 Å². The third kappa shape index (κ3) is 2.76. The number of aromatic nitrogens is 1. The summed E-state index contributed by atoms with van der Waals surface area (Å²) in [5, 5.41) is 3.48. The summed E-state index contributed by atoms with van der Waals surface area (Å²) in [5.41, 5.74) is 5.13. The summed E-state index contributed by atoms with van der Waals surface area (Å²) in [4.78, 5) is 4.24. The Bertz CT molecular complexity index is 741. The number of fused-ring (bicyclic) bond motifs is 1. The first-order valence-electron chi connectivity index (χ1n) is 6.73. The normalized spacial score (nSPS) is 12.5. The number of benzene rings is 1. The number of nitrogens with one attached hydrogen (secondary N) is 1. The van der Waals surface area contributed by atoms with Crippen LogP contribution < -0.4 is 16.0 Å². The molecular weight excluding hydrogens is 282 g/mol. The highest BCUT2D eigenvalue weighted by molar-refractivity contribution is 7.17. The number of hydrogen-bond donors (Lipinski definition) is 2. The Balaban J connectivity index is 1.94. The predicted octanol–water partition coefficient (Wildman–Crippen LogP) is 3.05. The van der Waals surface area contributed by atoms with E-state index in [1.54, 1.807) is 24.6 Å². The summed E-state index contributed by atoms with van der Waals surface area (Å²) >= 11 is 1.76. The lowest BCUT2D eigenvalue weighted by Crippen LogP contribution is -2.30. The second kappa shape index (κ2) is 6.22. The Labute approximate surface area is 127 Å². The number of thiophene rings is 1. The van der Waals surface area contributed by atoms with Gasteiger partial charge in [0.05, 0.1) is 13.2 Å². The lowest BCUT2D eigenvalue weighted by atomic mass is 10.00. The molecule has 2 aromatic heterocycles. The van der Waals surface area contributed by atoms with Crippen LogP contribution in [0.1, 0.15) is 17.2 Å². The molecule has 108 valence electrons. The molecule has 21 heavy (non-hydrogen) atoms. The van der Waals surface area contributed by atoms with Gasteiger partial charge in [-0.2, -0.15) is 0 Å². The Morgan fingerprint density at radius 2 is 2.14 bits per heavy atom. The molecule has 4 nitrogen and oxygen atoms in total. The highest BCUT2D eigenvalue weighted by atomic mass is 32.1. The fourth-order valence-corrected chi connectivity index (χ4v) is 3.48. The molecule has 0 amide bonds. The quantitative estimate of drug-likeness (QED) is 0.561. The number of hydrogen-bond acceptors (Lipinski definition) is 5. The third-order valence-electron chi connectivity index (χ3n) is 3.56. The van der Waals surface area contributed by atoms with Crippen LogP contribution in [0.25, 0.3) is 10.1 Å². The van der Waals surface area contributed by atoms with Crippen molar-refractivity contribution in [2.75, 3.05) is 7.11 Å². The lowest BCUT2D eigenvalue weighted by Gasteiger charge is -2.18. The largest absolute Gasteiger partial charge is 0.481 e. The van der Waals surface area contributed by atoms with Crippen LogP contribution in [0.4, 0.5) is 0 Å². The fraction of sp³-hybridized carbons (Fsp3) is 0.188. The Morgan fingerprint density at radius 3 is 2.95 bits per heavy atom. The highest BCUT2D eigenvalue weighted by Crippen LogP contribution is 2.31. The maximum absolute atomic E-state index is 5.76. The zero-order valence-corrected chi connectivity index (χ0v) is 12.6. The molecule has 1 unspecified atom stereocenters. The van der Waals surface area contributed by atoms with Crippen LogP contribution >= 0.6 is 11.3 Å². The summed E-state index contributed by atoms with van der Waals surface area (Å²) in [6, 6.07) is 12.3. The van der Waals surface area contributed by atoms with Gasteiger partial charge in [-0.3, -0.25) is 11.3 Å². The number of hydrazine groups is 1. The van der Waals surface area contributed by atoms with Gasteiger partial charge in [-0.15, -0.1) is 11.3 Å². The van der Waals surface area contributed by atoms with Crippen molar-refractivity contribution in [3.05, 3.63) is 59.1 Å².